The third kappa shape index (κ3) is 4.03. The molecule has 8 heteroatoms. The number of halogens is 1. The van der Waals surface area contributed by atoms with Crippen molar-refractivity contribution in [3.8, 4) is 18.2 Å². The zero-order valence-electron chi connectivity index (χ0n) is 14.6. The highest BCUT2D eigenvalue weighted by atomic mass is 35.5. The maximum atomic E-state index is 12.0. The van der Waals surface area contributed by atoms with Crippen LogP contribution in [-0.4, -0.2) is 28.0 Å². The summed E-state index contributed by atoms with van der Waals surface area (Å²) in [5.41, 5.74) is 1.18. The molecule has 0 saturated heterocycles. The van der Waals surface area contributed by atoms with Gasteiger partial charge in [0.2, 0.25) is 5.88 Å². The molecule has 3 aromatic rings. The van der Waals surface area contributed by atoms with E-state index in [4.69, 9.17) is 18.0 Å². The van der Waals surface area contributed by atoms with Gasteiger partial charge in [-0.2, -0.15) is 0 Å². The molecule has 2 aromatic carbocycles. The van der Waals surface area contributed by atoms with Crippen molar-refractivity contribution in [2.24, 2.45) is 10.2 Å². The molecule has 3 rings (SSSR count). The van der Waals surface area contributed by atoms with Crippen LogP contribution in [0.5, 0.6) is 5.88 Å². The van der Waals surface area contributed by atoms with Gasteiger partial charge in [0.15, 0.2) is 5.69 Å². The quantitative estimate of drug-likeness (QED) is 0.510. The van der Waals surface area contributed by atoms with E-state index in [9.17, 15) is 14.7 Å². The highest BCUT2D eigenvalue weighted by Gasteiger charge is 2.16. The number of carbonyl (C=O) groups excluding carboxylic acids is 2. The Morgan fingerprint density at radius 2 is 1.89 bits per heavy atom. The summed E-state index contributed by atoms with van der Waals surface area (Å²) < 4.78 is 1.50. The largest absolute Gasteiger partial charge is 0.493 e. The number of rotatable bonds is 5. The number of nitrogens with one attached hydrogen (secondary N) is 1. The molecular formula is C20H15ClN4O3. The SMILES string of the molecule is C#CCn1c(O)c(N=NC(=O)CNC(=O)c2ccc(Cl)cc2)c2ccccc21. The van der Waals surface area contributed by atoms with E-state index in [2.05, 4.69) is 21.5 Å². The molecule has 0 aliphatic rings. The second kappa shape index (κ2) is 8.37. The lowest BCUT2D eigenvalue weighted by atomic mass is 10.2. The van der Waals surface area contributed by atoms with Gasteiger partial charge in [-0.3, -0.25) is 14.2 Å². The molecule has 0 bridgehead atoms. The molecule has 0 unspecified atom stereocenters. The highest BCUT2D eigenvalue weighted by molar-refractivity contribution is 6.30. The Morgan fingerprint density at radius 1 is 1.18 bits per heavy atom. The number of fused-ring (bicyclic) bond motifs is 1. The fourth-order valence-corrected chi connectivity index (χ4v) is 2.75. The normalized spacial score (nSPS) is 10.9. The van der Waals surface area contributed by atoms with E-state index in [1.807, 2.05) is 0 Å². The van der Waals surface area contributed by atoms with E-state index in [-0.39, 0.29) is 24.7 Å². The van der Waals surface area contributed by atoms with Crippen molar-refractivity contribution in [1.29, 1.82) is 0 Å². The number of hydrogen-bond acceptors (Lipinski definition) is 4. The fraction of sp³-hybridized carbons (Fsp3) is 0.100. The molecule has 0 saturated carbocycles. The number of aromatic nitrogens is 1. The molecule has 0 spiro atoms. The van der Waals surface area contributed by atoms with Crippen molar-refractivity contribution in [2.45, 2.75) is 6.54 Å². The minimum atomic E-state index is -0.671. The summed E-state index contributed by atoms with van der Waals surface area (Å²) in [7, 11) is 0. The number of amides is 2. The van der Waals surface area contributed by atoms with E-state index < -0.39 is 11.8 Å². The molecule has 7 nitrogen and oxygen atoms in total. The van der Waals surface area contributed by atoms with Gasteiger partial charge in [-0.1, -0.05) is 35.7 Å². The average Bonchev–Trinajstić information content (AvgIpc) is 2.97. The lowest BCUT2D eigenvalue weighted by molar-refractivity contribution is -0.117. The molecule has 0 radical (unpaired) electrons. The molecular weight excluding hydrogens is 380 g/mol. The minimum Gasteiger partial charge on any atom is -0.493 e. The predicted molar refractivity (Wildman–Crippen MR) is 106 cm³/mol. The first-order valence-electron chi connectivity index (χ1n) is 8.23. The Morgan fingerprint density at radius 3 is 2.61 bits per heavy atom. The third-order valence-electron chi connectivity index (χ3n) is 3.93. The van der Waals surface area contributed by atoms with Crippen LogP contribution in [0.2, 0.25) is 5.02 Å². The molecule has 2 N–H and O–H groups in total. The number of terminal acetylenes is 1. The van der Waals surface area contributed by atoms with Crippen molar-refractivity contribution in [2.75, 3.05) is 6.54 Å². The van der Waals surface area contributed by atoms with Gasteiger partial charge in [0.05, 0.1) is 12.1 Å². The van der Waals surface area contributed by atoms with E-state index in [1.54, 1.807) is 48.5 Å². The molecule has 0 aliphatic heterocycles. The summed E-state index contributed by atoms with van der Waals surface area (Å²) >= 11 is 5.77. The monoisotopic (exact) mass is 394 g/mol. The van der Waals surface area contributed by atoms with Gasteiger partial charge in [0.25, 0.3) is 11.8 Å². The maximum absolute atomic E-state index is 12.0. The number of aromatic hydroxyl groups is 1. The van der Waals surface area contributed by atoms with Crippen molar-refractivity contribution < 1.29 is 14.7 Å². The Hall–Kier alpha value is -3.63. The van der Waals surface area contributed by atoms with Gasteiger partial charge in [0.1, 0.15) is 6.54 Å². The lowest BCUT2D eigenvalue weighted by Gasteiger charge is -2.02. The number of para-hydroxylation sites is 1. The maximum Gasteiger partial charge on any atom is 0.283 e. The minimum absolute atomic E-state index is 0.142. The Bertz CT molecular complexity index is 1110. The van der Waals surface area contributed by atoms with Crippen LogP contribution in [0.3, 0.4) is 0 Å². The van der Waals surface area contributed by atoms with Gasteiger partial charge in [-0.05, 0) is 30.3 Å². The summed E-state index contributed by atoms with van der Waals surface area (Å²) in [5, 5.41) is 21.4. The number of azo groups is 1. The molecule has 140 valence electrons. The molecule has 0 aliphatic carbocycles. The molecule has 1 aromatic heterocycles. The van der Waals surface area contributed by atoms with E-state index in [1.165, 1.54) is 4.57 Å². The lowest BCUT2D eigenvalue weighted by Crippen LogP contribution is -2.28. The standard InChI is InChI=1S/C20H15ClN4O3/c1-2-11-25-16-6-4-3-5-15(16)18(20(25)28)24-23-17(26)12-22-19(27)13-7-9-14(21)10-8-13/h1,3-10,28H,11-12H2,(H,22,27). The van der Waals surface area contributed by atoms with E-state index >= 15 is 0 Å². The van der Waals surface area contributed by atoms with Crippen LogP contribution in [0.4, 0.5) is 5.69 Å². The van der Waals surface area contributed by atoms with Gasteiger partial charge in [-0.25, -0.2) is 0 Å². The third-order valence-corrected chi connectivity index (χ3v) is 4.19. The topological polar surface area (TPSA) is 96.0 Å². The van der Waals surface area contributed by atoms with E-state index in [0.29, 0.717) is 21.5 Å². The summed E-state index contributed by atoms with van der Waals surface area (Å²) in [6, 6.07) is 13.3. The average molecular weight is 395 g/mol. The van der Waals surface area contributed by atoms with Crippen molar-refractivity contribution >= 4 is 40.0 Å². The zero-order chi connectivity index (χ0) is 20.1. The second-order valence-corrected chi connectivity index (χ2v) is 6.20. The second-order valence-electron chi connectivity index (χ2n) is 5.76. The summed E-state index contributed by atoms with van der Waals surface area (Å²) in [4.78, 5) is 24.0. The molecule has 28 heavy (non-hydrogen) atoms. The van der Waals surface area contributed by atoms with Crippen LogP contribution >= 0.6 is 11.6 Å². The first-order chi connectivity index (χ1) is 13.5. The number of nitrogens with zero attached hydrogens (tertiary/aromatic N) is 3. The Kier molecular flexibility index (Phi) is 5.72. The number of carbonyl (C=O) groups is 2. The number of hydrogen-bond donors (Lipinski definition) is 2. The van der Waals surface area contributed by atoms with Crippen molar-refractivity contribution in [3.05, 3.63) is 59.1 Å². The molecule has 0 fully saturated rings. The summed E-state index contributed by atoms with van der Waals surface area (Å²) in [5.74, 6) is 1.17. The Labute approximate surface area is 165 Å². The van der Waals surface area contributed by atoms with Crippen molar-refractivity contribution in [1.82, 2.24) is 9.88 Å². The first kappa shape index (κ1) is 19.1. The van der Waals surface area contributed by atoms with Crippen LogP contribution in [0.1, 0.15) is 10.4 Å². The Balaban J connectivity index is 1.72. The highest BCUT2D eigenvalue weighted by Crippen LogP contribution is 2.38. The summed E-state index contributed by atoms with van der Waals surface area (Å²) in [6.07, 6.45) is 5.34. The summed E-state index contributed by atoms with van der Waals surface area (Å²) in [6.45, 7) is -0.193. The predicted octanol–water partition coefficient (Wildman–Crippen LogP) is 3.67. The van der Waals surface area contributed by atoms with Gasteiger partial charge in [-0.15, -0.1) is 16.7 Å². The van der Waals surface area contributed by atoms with Crippen LogP contribution < -0.4 is 5.32 Å². The fourth-order valence-electron chi connectivity index (χ4n) is 2.62. The molecule has 0 atom stereocenters. The van der Waals surface area contributed by atoms with E-state index in [0.717, 1.165) is 0 Å². The van der Waals surface area contributed by atoms with Crippen LogP contribution in [0, 0.1) is 12.3 Å². The zero-order valence-corrected chi connectivity index (χ0v) is 15.3. The van der Waals surface area contributed by atoms with Crippen LogP contribution in [-0.2, 0) is 11.3 Å². The first-order valence-corrected chi connectivity index (χ1v) is 8.61. The molecule has 1 heterocycles. The van der Waals surface area contributed by atoms with Gasteiger partial charge in [0, 0.05) is 16.0 Å². The van der Waals surface area contributed by atoms with Crippen LogP contribution in [0.15, 0.2) is 58.8 Å². The smallest absolute Gasteiger partial charge is 0.283 e. The number of benzene rings is 2. The van der Waals surface area contributed by atoms with Crippen molar-refractivity contribution in [3.63, 3.8) is 0 Å². The van der Waals surface area contributed by atoms with Gasteiger partial charge >= 0.3 is 0 Å². The molecule has 2 amide bonds. The van der Waals surface area contributed by atoms with Gasteiger partial charge < -0.3 is 10.4 Å². The van der Waals surface area contributed by atoms with Crippen LogP contribution in [0.25, 0.3) is 10.9 Å².